The summed E-state index contributed by atoms with van der Waals surface area (Å²) in [6.45, 7) is 4.43. The molecule has 2 saturated carbocycles. The first-order chi connectivity index (χ1) is 8.83. The Bertz CT molecular complexity index is 377. The predicted molar refractivity (Wildman–Crippen MR) is 75.4 cm³/mol. The number of fused-ring (bicyclic) bond motifs is 2. The fourth-order valence-corrected chi connectivity index (χ4v) is 4.53. The van der Waals surface area contributed by atoms with Gasteiger partial charge in [0.15, 0.2) is 0 Å². The highest BCUT2D eigenvalue weighted by Gasteiger charge is 2.60. The maximum Gasteiger partial charge on any atom is 0.0920 e. The first kappa shape index (κ1) is 12.8. The SMILES string of the molecule is [B]C([B])(C1CCC2(C)OC2C1)C1CCC2(C)OC2C1. The number of hydrogen-bond acceptors (Lipinski definition) is 2. The molecule has 4 radical (unpaired) electrons. The third-order valence-corrected chi connectivity index (χ3v) is 6.46. The lowest BCUT2D eigenvalue weighted by Crippen LogP contribution is -2.39. The minimum absolute atomic E-state index is 0.150. The van der Waals surface area contributed by atoms with Crippen LogP contribution in [0, 0.1) is 11.8 Å². The normalized spacial score (nSPS) is 56.1. The number of rotatable bonds is 2. The summed E-state index contributed by atoms with van der Waals surface area (Å²) in [5.41, 5.74) is 0.300. The van der Waals surface area contributed by atoms with Crippen LogP contribution in [0.25, 0.3) is 0 Å². The van der Waals surface area contributed by atoms with Crippen molar-refractivity contribution < 1.29 is 9.47 Å². The minimum Gasteiger partial charge on any atom is -0.366 e. The zero-order valence-electron chi connectivity index (χ0n) is 12.0. The molecule has 0 aromatic heterocycles. The van der Waals surface area contributed by atoms with Crippen LogP contribution in [-0.2, 0) is 9.47 Å². The molecule has 2 aliphatic heterocycles. The van der Waals surface area contributed by atoms with E-state index in [1.54, 1.807) is 0 Å². The highest BCUT2D eigenvalue weighted by Crippen LogP contribution is 2.60. The molecule has 6 unspecified atom stereocenters. The molecule has 0 aromatic carbocycles. The van der Waals surface area contributed by atoms with Gasteiger partial charge in [0, 0.05) is 0 Å². The van der Waals surface area contributed by atoms with E-state index in [0.717, 1.165) is 38.5 Å². The lowest BCUT2D eigenvalue weighted by molar-refractivity contribution is 0.222. The van der Waals surface area contributed by atoms with E-state index in [4.69, 9.17) is 25.2 Å². The van der Waals surface area contributed by atoms with Crippen molar-refractivity contribution in [1.29, 1.82) is 0 Å². The molecule has 0 bridgehead atoms. The zero-order valence-corrected chi connectivity index (χ0v) is 12.0. The quantitative estimate of drug-likeness (QED) is 0.559. The van der Waals surface area contributed by atoms with Gasteiger partial charge in [0.2, 0.25) is 0 Å². The Morgan fingerprint density at radius 3 is 1.68 bits per heavy atom. The van der Waals surface area contributed by atoms with Crippen LogP contribution in [0.5, 0.6) is 0 Å². The van der Waals surface area contributed by atoms with Crippen molar-refractivity contribution in [3.8, 4) is 0 Å². The van der Waals surface area contributed by atoms with E-state index in [9.17, 15) is 0 Å². The van der Waals surface area contributed by atoms with Crippen LogP contribution in [0.3, 0.4) is 0 Å². The first-order valence-corrected chi connectivity index (χ1v) is 7.77. The van der Waals surface area contributed by atoms with Gasteiger partial charge in [-0.15, -0.1) is 0 Å². The van der Waals surface area contributed by atoms with Gasteiger partial charge in [-0.2, -0.15) is 0 Å². The fraction of sp³-hybridized carbons (Fsp3) is 1.00. The molecule has 0 spiro atoms. The molecular formula is C15H22B2O2. The molecule has 0 aromatic rings. The summed E-state index contributed by atoms with van der Waals surface area (Å²) in [5.74, 6) is 0.808. The van der Waals surface area contributed by atoms with Gasteiger partial charge in [0.05, 0.1) is 39.1 Å². The molecule has 2 saturated heterocycles. The highest BCUT2D eigenvalue weighted by molar-refractivity contribution is 6.40. The summed E-state index contributed by atoms with van der Waals surface area (Å²) in [7, 11) is 13.2. The Labute approximate surface area is 118 Å². The molecule has 6 atom stereocenters. The summed E-state index contributed by atoms with van der Waals surface area (Å²) >= 11 is 0. The average molecular weight is 256 g/mol. The Balaban J connectivity index is 1.44. The summed E-state index contributed by atoms with van der Waals surface area (Å²) in [4.78, 5) is 0. The van der Waals surface area contributed by atoms with E-state index in [1.807, 2.05) is 0 Å². The molecule has 2 nitrogen and oxygen atoms in total. The van der Waals surface area contributed by atoms with Crippen molar-refractivity contribution in [2.24, 2.45) is 11.8 Å². The van der Waals surface area contributed by atoms with E-state index >= 15 is 0 Å². The molecule has 2 aliphatic carbocycles. The van der Waals surface area contributed by atoms with Gasteiger partial charge in [0.25, 0.3) is 0 Å². The number of hydrogen-bond donors (Lipinski definition) is 0. The topological polar surface area (TPSA) is 25.1 Å². The Morgan fingerprint density at radius 1 is 0.895 bits per heavy atom. The van der Waals surface area contributed by atoms with Gasteiger partial charge in [-0.25, -0.2) is 0 Å². The molecule has 0 amide bonds. The van der Waals surface area contributed by atoms with Crippen molar-refractivity contribution in [1.82, 2.24) is 0 Å². The Morgan fingerprint density at radius 2 is 1.32 bits per heavy atom. The van der Waals surface area contributed by atoms with E-state index in [1.165, 1.54) is 0 Å². The van der Waals surface area contributed by atoms with Gasteiger partial charge < -0.3 is 9.47 Å². The molecule has 4 rings (SSSR count). The van der Waals surface area contributed by atoms with Gasteiger partial charge >= 0.3 is 0 Å². The number of ether oxygens (including phenoxy) is 2. The molecule has 0 N–H and O–H groups in total. The zero-order chi connectivity index (χ0) is 13.5. The summed E-state index contributed by atoms with van der Waals surface area (Å²) < 4.78 is 11.6. The van der Waals surface area contributed by atoms with E-state index in [0.29, 0.717) is 24.0 Å². The van der Waals surface area contributed by atoms with Crippen molar-refractivity contribution in [3.05, 3.63) is 0 Å². The first-order valence-electron chi connectivity index (χ1n) is 7.77. The van der Waals surface area contributed by atoms with Crippen LogP contribution < -0.4 is 0 Å². The van der Waals surface area contributed by atoms with E-state index < -0.39 is 5.21 Å². The van der Waals surface area contributed by atoms with Crippen LogP contribution in [-0.4, -0.2) is 39.1 Å². The molecule has 4 aliphatic rings. The van der Waals surface area contributed by atoms with Gasteiger partial charge in [-0.05, 0) is 64.2 Å². The molecule has 2 heterocycles. The van der Waals surface area contributed by atoms with Crippen LogP contribution >= 0.6 is 0 Å². The van der Waals surface area contributed by atoms with Crippen molar-refractivity contribution in [2.75, 3.05) is 0 Å². The average Bonchev–Trinajstić information content (AvgIpc) is 3.19. The summed E-state index contributed by atoms with van der Waals surface area (Å²) in [6.07, 6.45) is 7.35. The second kappa shape index (κ2) is 3.62. The van der Waals surface area contributed by atoms with Gasteiger partial charge in [-0.3, -0.25) is 0 Å². The van der Waals surface area contributed by atoms with Crippen molar-refractivity contribution >= 4 is 15.7 Å². The summed E-state index contributed by atoms with van der Waals surface area (Å²) in [5, 5.41) is -0.541. The van der Waals surface area contributed by atoms with Crippen LogP contribution in [0.15, 0.2) is 0 Å². The fourth-order valence-electron chi connectivity index (χ4n) is 4.53. The second-order valence-electron chi connectivity index (χ2n) is 7.78. The maximum atomic E-state index is 6.58. The van der Waals surface area contributed by atoms with Crippen molar-refractivity contribution in [3.63, 3.8) is 0 Å². The minimum atomic E-state index is -0.541. The predicted octanol–water partition coefficient (Wildman–Crippen LogP) is 2.35. The van der Waals surface area contributed by atoms with E-state index in [2.05, 4.69) is 13.8 Å². The van der Waals surface area contributed by atoms with Crippen LogP contribution in [0.4, 0.5) is 0 Å². The lowest BCUT2D eigenvalue weighted by atomic mass is 9.39. The Kier molecular flexibility index (Phi) is 2.43. The molecular weight excluding hydrogens is 234 g/mol. The monoisotopic (exact) mass is 256 g/mol. The van der Waals surface area contributed by atoms with Crippen LogP contribution in [0.2, 0.25) is 5.21 Å². The largest absolute Gasteiger partial charge is 0.366 e. The van der Waals surface area contributed by atoms with E-state index in [-0.39, 0.29) is 11.2 Å². The molecule has 4 heteroatoms. The standard InChI is InChI=1S/C15H22B2O2/c1-13-5-3-9(7-11(13)18-13)15(16,17)10-4-6-14(2)12(8-10)19-14/h9-12H,3-8H2,1-2H3. The molecule has 19 heavy (non-hydrogen) atoms. The number of epoxide rings is 2. The molecule has 100 valence electrons. The van der Waals surface area contributed by atoms with Gasteiger partial charge in [-0.1, -0.05) is 5.21 Å². The lowest BCUT2D eigenvalue weighted by Gasteiger charge is -2.45. The maximum absolute atomic E-state index is 6.58. The van der Waals surface area contributed by atoms with Gasteiger partial charge in [0.1, 0.15) is 0 Å². The smallest absolute Gasteiger partial charge is 0.0920 e. The van der Waals surface area contributed by atoms with Crippen LogP contribution in [0.1, 0.15) is 52.4 Å². The molecule has 4 fully saturated rings. The third-order valence-electron chi connectivity index (χ3n) is 6.46. The Hall–Kier alpha value is 0.0499. The van der Waals surface area contributed by atoms with Crippen molar-refractivity contribution in [2.45, 2.75) is 81.0 Å². The second-order valence-corrected chi connectivity index (χ2v) is 7.78. The highest BCUT2D eigenvalue weighted by atomic mass is 16.6. The summed E-state index contributed by atoms with van der Waals surface area (Å²) in [6, 6.07) is 0. The third kappa shape index (κ3) is 1.86.